The zero-order valence-electron chi connectivity index (χ0n) is 30.6. The fraction of sp³-hybridized carbons (Fsp3) is 0. The topological polar surface area (TPSA) is 451 Å². The summed E-state index contributed by atoms with van der Waals surface area (Å²) in [5.41, 5.74) is -13.1. The Balaban J connectivity index is 0.00000576. The number of nitro benzene ring substituents is 8. The summed E-state index contributed by atoms with van der Waals surface area (Å²) in [6.07, 6.45) is 0. The Morgan fingerprint density at radius 2 is 0.631 bits per heavy atom. The van der Waals surface area contributed by atoms with Crippen LogP contribution in [0.1, 0.15) is 0 Å². The van der Waals surface area contributed by atoms with E-state index in [0.29, 0.717) is 24.3 Å². The van der Waals surface area contributed by atoms with Gasteiger partial charge in [-0.15, -0.1) is 0 Å². The van der Waals surface area contributed by atoms with E-state index < -0.39 is 175 Å². The van der Waals surface area contributed by atoms with Crippen LogP contribution in [0.4, 0.5) is 45.5 Å². The van der Waals surface area contributed by atoms with Crippen LogP contribution in [-0.2, 0) is 16.8 Å². The van der Waals surface area contributed by atoms with Crippen LogP contribution >= 0.6 is 0 Å². The first-order valence-corrected chi connectivity index (χ1v) is 16.9. The first-order chi connectivity index (χ1) is 30.3. The van der Waals surface area contributed by atoms with Crippen LogP contribution in [0, 0.1) is 80.9 Å². The number of benzene rings is 4. The molecule has 33 heteroatoms. The van der Waals surface area contributed by atoms with Crippen molar-refractivity contribution in [3.05, 3.63) is 129 Å². The summed E-state index contributed by atoms with van der Waals surface area (Å²) in [6.45, 7) is 0. The van der Waals surface area contributed by atoms with Gasteiger partial charge in [0.2, 0.25) is 0 Å². The van der Waals surface area contributed by atoms with Gasteiger partial charge in [-0.3, -0.25) is 80.9 Å². The van der Waals surface area contributed by atoms with Crippen LogP contribution in [0.3, 0.4) is 0 Å². The third-order valence-electron chi connectivity index (χ3n) is 9.59. The van der Waals surface area contributed by atoms with Crippen LogP contribution in [0.2, 0.25) is 0 Å². The molecule has 8 bridgehead atoms. The van der Waals surface area contributed by atoms with Crippen LogP contribution < -0.4 is 9.97 Å². The summed E-state index contributed by atoms with van der Waals surface area (Å²) in [7, 11) is 0. The normalized spacial score (nSPS) is 11.3. The molecular weight excluding hydrogens is 923 g/mol. The SMILES string of the molecule is O=[N+]([O-])c1cc2c(c([N+](=O)[O-])c1)-c1nc-2nc2[n-]c(nc3nc(nc4[n-]c(n1)c1cc([N+](=O)[O-])cc([N+](=O)[O-])c41)-c1cc([N+](=O)[O-])cc([N+](=O)[O-])c1-3)c1cc([N+](=O)[O-])cc([N+](=O)[O-])c21.[Co+2]. The Bertz CT molecular complexity index is 3450. The third-order valence-corrected chi connectivity index (χ3v) is 9.59. The van der Waals surface area contributed by atoms with Gasteiger partial charge in [0.25, 0.3) is 45.5 Å². The predicted octanol–water partition coefficient (Wildman–Crippen LogP) is 5.39. The first-order valence-electron chi connectivity index (χ1n) is 16.9. The number of non-ortho nitro benzene ring substituents is 6. The van der Waals surface area contributed by atoms with Gasteiger partial charge < -0.3 is 29.9 Å². The minimum atomic E-state index is -1.08. The molecule has 321 valence electrons. The summed E-state index contributed by atoms with van der Waals surface area (Å²) in [6, 6.07) is 5.08. The molecule has 0 amide bonds. The summed E-state index contributed by atoms with van der Waals surface area (Å²) in [4.78, 5) is 123. The molecule has 0 fully saturated rings. The molecule has 5 heterocycles. The fourth-order valence-electron chi connectivity index (χ4n) is 7.02. The Morgan fingerprint density at radius 1 is 0.338 bits per heavy atom. The third kappa shape index (κ3) is 6.47. The predicted molar refractivity (Wildman–Crippen MR) is 207 cm³/mol. The summed E-state index contributed by atoms with van der Waals surface area (Å²) in [5.74, 6) is -2.99. The van der Waals surface area contributed by atoms with Gasteiger partial charge in [0.1, 0.15) is 0 Å². The molecule has 3 aromatic heterocycles. The molecular formula is C32H8CoN16O16. The van der Waals surface area contributed by atoms with E-state index >= 15 is 0 Å². The van der Waals surface area contributed by atoms with E-state index in [1.54, 1.807) is 0 Å². The van der Waals surface area contributed by atoms with Crippen LogP contribution in [0.25, 0.3) is 89.7 Å². The standard InChI is InChI=1S/C32H8N16O16.Co/c49-41(50)9-1-13-21(17(5-9)45(57)58)29-33-25(13)37-30-22-14(2-10(42(51)52)6-18(22)46(59)60)27(34-30)39-32-24-16(4-12(44(55)56)8-20(24)48(63)64)28(36-32)40-31-23-15(26(35-31)38-29)3-11(43(53)54)7-19(23)47(61)62;/h1-8H;/q-2;+2. The number of fused-ring (bicyclic) bond motifs is 20. The quantitative estimate of drug-likeness (QED) is 0.136. The van der Waals surface area contributed by atoms with E-state index in [1.165, 1.54) is 0 Å². The van der Waals surface area contributed by atoms with Gasteiger partial charge >= 0.3 is 16.8 Å². The van der Waals surface area contributed by atoms with Gasteiger partial charge in [0.05, 0.1) is 109 Å². The number of nitrogens with zero attached hydrogens (tertiary/aromatic N) is 16. The van der Waals surface area contributed by atoms with Crippen molar-refractivity contribution >= 4 is 89.6 Å². The van der Waals surface area contributed by atoms with Gasteiger partial charge in [-0.1, -0.05) is 0 Å². The molecule has 0 spiro atoms. The van der Waals surface area contributed by atoms with Gasteiger partial charge in [0.15, 0.2) is 0 Å². The van der Waals surface area contributed by atoms with Crippen molar-refractivity contribution in [2.24, 2.45) is 0 Å². The molecule has 2 aliphatic heterocycles. The van der Waals surface area contributed by atoms with Crippen molar-refractivity contribution in [1.82, 2.24) is 39.9 Å². The van der Waals surface area contributed by atoms with E-state index in [4.69, 9.17) is 0 Å². The van der Waals surface area contributed by atoms with Crippen molar-refractivity contribution in [2.75, 3.05) is 0 Å². The molecule has 0 saturated heterocycles. The van der Waals surface area contributed by atoms with Crippen LogP contribution in [0.5, 0.6) is 0 Å². The smallest absolute Gasteiger partial charge is 0.357 e. The summed E-state index contributed by atoms with van der Waals surface area (Å²) >= 11 is 0. The minimum absolute atomic E-state index is 0. The van der Waals surface area contributed by atoms with Crippen molar-refractivity contribution < 1.29 is 56.2 Å². The zero-order valence-corrected chi connectivity index (χ0v) is 31.7. The molecule has 0 atom stereocenters. The first kappa shape index (κ1) is 41.7. The van der Waals surface area contributed by atoms with Crippen molar-refractivity contribution in [2.45, 2.75) is 0 Å². The summed E-state index contributed by atoms with van der Waals surface area (Å²) < 4.78 is 0. The number of aromatic nitrogens is 8. The fourth-order valence-corrected chi connectivity index (χ4v) is 7.02. The Hall–Kier alpha value is -10.1. The van der Waals surface area contributed by atoms with Crippen molar-refractivity contribution in [3.8, 4) is 45.6 Å². The number of hydrogen-bond donors (Lipinski definition) is 0. The molecule has 2 aliphatic rings. The average molecular weight is 931 g/mol. The molecule has 9 rings (SSSR count). The maximum atomic E-state index is 12.5. The molecule has 0 aliphatic carbocycles. The van der Waals surface area contributed by atoms with E-state index in [-0.39, 0.29) is 16.8 Å². The monoisotopic (exact) mass is 931 g/mol. The Morgan fingerprint density at radius 3 is 0.938 bits per heavy atom. The summed E-state index contributed by atoms with van der Waals surface area (Å²) in [5, 5.41) is 95.7. The largest absolute Gasteiger partial charge is 2.00 e. The molecule has 7 aromatic rings. The molecule has 0 unspecified atom stereocenters. The molecule has 65 heavy (non-hydrogen) atoms. The van der Waals surface area contributed by atoms with Crippen LogP contribution in [-0.4, -0.2) is 69.3 Å². The number of hydrogen-bond acceptors (Lipinski definition) is 22. The van der Waals surface area contributed by atoms with E-state index in [1.807, 2.05) is 0 Å². The minimum Gasteiger partial charge on any atom is -0.357 e. The van der Waals surface area contributed by atoms with Crippen molar-refractivity contribution in [1.29, 1.82) is 0 Å². The molecule has 32 nitrogen and oxygen atoms in total. The van der Waals surface area contributed by atoms with Gasteiger partial charge in [-0.25, -0.2) is 9.97 Å². The maximum Gasteiger partial charge on any atom is 2.00 e. The zero-order chi connectivity index (χ0) is 45.8. The molecule has 0 saturated carbocycles. The second-order valence-corrected chi connectivity index (χ2v) is 13.1. The van der Waals surface area contributed by atoms with Crippen LogP contribution in [0.15, 0.2) is 48.5 Å². The Labute approximate surface area is 360 Å². The van der Waals surface area contributed by atoms with E-state index in [9.17, 15) is 80.9 Å². The van der Waals surface area contributed by atoms with Gasteiger partial charge in [-0.05, 0) is 0 Å². The maximum absolute atomic E-state index is 12.5. The van der Waals surface area contributed by atoms with Crippen molar-refractivity contribution in [3.63, 3.8) is 0 Å². The second kappa shape index (κ2) is 14.6. The van der Waals surface area contributed by atoms with E-state index in [0.717, 1.165) is 24.3 Å². The number of rotatable bonds is 8. The molecule has 4 aromatic carbocycles. The second-order valence-electron chi connectivity index (χ2n) is 13.1. The van der Waals surface area contributed by atoms with Gasteiger partial charge in [0, 0.05) is 68.8 Å². The van der Waals surface area contributed by atoms with E-state index in [2.05, 4.69) is 39.9 Å². The molecule has 0 N–H and O–H groups in total. The van der Waals surface area contributed by atoms with Gasteiger partial charge in [-0.2, -0.15) is 0 Å². The number of nitro groups is 8. The average Bonchev–Trinajstić information content (AvgIpc) is 3.97. The molecule has 1 radical (unpaired) electrons. The Kier molecular flexibility index (Phi) is 9.33.